The maximum absolute atomic E-state index is 6.07. The van der Waals surface area contributed by atoms with E-state index in [1.165, 1.54) is 0 Å². The maximum atomic E-state index is 6.07. The van der Waals surface area contributed by atoms with Gasteiger partial charge in [0.15, 0.2) is 0 Å². The first-order valence-electron chi connectivity index (χ1n) is 5.86. The van der Waals surface area contributed by atoms with Gasteiger partial charge >= 0.3 is 0 Å². The van der Waals surface area contributed by atoms with Gasteiger partial charge in [-0.15, -0.1) is 0 Å². The van der Waals surface area contributed by atoms with Gasteiger partial charge in [0.05, 0.1) is 5.02 Å². The highest BCUT2D eigenvalue weighted by Gasteiger charge is 2.02. The van der Waals surface area contributed by atoms with Crippen molar-refractivity contribution in [1.82, 2.24) is 0 Å². The van der Waals surface area contributed by atoms with E-state index in [0.717, 1.165) is 22.4 Å². The lowest BCUT2D eigenvalue weighted by molar-refractivity contribution is 0.306. The van der Waals surface area contributed by atoms with Gasteiger partial charge in [0.25, 0.3) is 0 Å². The Kier molecular flexibility index (Phi) is 4.24. The van der Waals surface area contributed by atoms with E-state index in [0.29, 0.717) is 18.2 Å². The predicted molar refractivity (Wildman–Crippen MR) is 74.9 cm³/mol. The van der Waals surface area contributed by atoms with Crippen LogP contribution in [0.1, 0.15) is 16.7 Å². The molecule has 2 rings (SSSR count). The summed E-state index contributed by atoms with van der Waals surface area (Å²) in [6.07, 6.45) is 0. The van der Waals surface area contributed by atoms with Crippen molar-refractivity contribution in [3.8, 4) is 5.75 Å². The van der Waals surface area contributed by atoms with Crippen molar-refractivity contribution in [3.63, 3.8) is 0 Å². The molecular weight excluding hydrogens is 246 g/mol. The Labute approximate surface area is 112 Å². The van der Waals surface area contributed by atoms with Crippen LogP contribution in [-0.4, -0.2) is 0 Å². The Morgan fingerprint density at radius 2 is 1.72 bits per heavy atom. The van der Waals surface area contributed by atoms with Gasteiger partial charge < -0.3 is 10.5 Å². The van der Waals surface area contributed by atoms with Crippen molar-refractivity contribution in [2.45, 2.75) is 20.1 Å². The highest BCUT2D eigenvalue weighted by molar-refractivity contribution is 6.32. The molecule has 0 unspecified atom stereocenters. The molecule has 0 aliphatic rings. The zero-order valence-electron chi connectivity index (χ0n) is 10.3. The second kappa shape index (κ2) is 5.89. The third kappa shape index (κ3) is 3.25. The molecule has 0 aliphatic heterocycles. The second-order valence-electron chi connectivity index (χ2n) is 4.24. The van der Waals surface area contributed by atoms with Crippen LogP contribution in [0.5, 0.6) is 5.75 Å². The Hall–Kier alpha value is -1.51. The summed E-state index contributed by atoms with van der Waals surface area (Å²) in [5.74, 6) is 0.722. The second-order valence-corrected chi connectivity index (χ2v) is 4.65. The SMILES string of the molecule is Cc1ccc(Cl)c(OCc2ccc(CN)cc2)c1. The van der Waals surface area contributed by atoms with Crippen molar-refractivity contribution < 1.29 is 4.74 Å². The molecule has 0 aliphatic carbocycles. The van der Waals surface area contributed by atoms with Crippen molar-refractivity contribution in [1.29, 1.82) is 0 Å². The number of halogens is 1. The van der Waals surface area contributed by atoms with Crippen LogP contribution in [0.2, 0.25) is 5.02 Å². The number of ether oxygens (including phenoxy) is 1. The summed E-state index contributed by atoms with van der Waals surface area (Å²) in [5, 5.41) is 0.638. The van der Waals surface area contributed by atoms with Crippen LogP contribution >= 0.6 is 11.6 Å². The fraction of sp³-hybridized carbons (Fsp3) is 0.200. The number of rotatable bonds is 4. The number of benzene rings is 2. The molecular formula is C15H16ClNO. The Morgan fingerprint density at radius 1 is 1.06 bits per heavy atom. The molecule has 0 saturated heterocycles. The zero-order chi connectivity index (χ0) is 13.0. The summed E-state index contributed by atoms with van der Waals surface area (Å²) in [7, 11) is 0. The molecule has 0 heterocycles. The lowest BCUT2D eigenvalue weighted by Gasteiger charge is -2.09. The lowest BCUT2D eigenvalue weighted by Crippen LogP contribution is -1.99. The van der Waals surface area contributed by atoms with E-state index in [1.54, 1.807) is 0 Å². The van der Waals surface area contributed by atoms with E-state index in [-0.39, 0.29) is 0 Å². The van der Waals surface area contributed by atoms with Gasteiger partial charge in [0, 0.05) is 6.54 Å². The zero-order valence-corrected chi connectivity index (χ0v) is 11.1. The quantitative estimate of drug-likeness (QED) is 0.911. The number of hydrogen-bond donors (Lipinski definition) is 1. The van der Waals surface area contributed by atoms with E-state index in [4.69, 9.17) is 22.1 Å². The van der Waals surface area contributed by atoms with Gasteiger partial charge in [0.2, 0.25) is 0 Å². The van der Waals surface area contributed by atoms with Gasteiger partial charge in [-0.2, -0.15) is 0 Å². The van der Waals surface area contributed by atoms with Crippen LogP contribution < -0.4 is 10.5 Å². The smallest absolute Gasteiger partial charge is 0.138 e. The Balaban J connectivity index is 2.04. The lowest BCUT2D eigenvalue weighted by atomic mass is 10.1. The normalized spacial score (nSPS) is 10.4. The summed E-state index contributed by atoms with van der Waals surface area (Å²) in [4.78, 5) is 0. The summed E-state index contributed by atoms with van der Waals surface area (Å²) in [6.45, 7) is 3.08. The molecule has 0 spiro atoms. The largest absolute Gasteiger partial charge is 0.487 e. The standard InChI is InChI=1S/C15H16ClNO/c1-11-2-7-14(16)15(8-11)18-10-13-5-3-12(9-17)4-6-13/h2-8H,9-10,17H2,1H3. The van der Waals surface area contributed by atoms with Crippen LogP contribution in [0.15, 0.2) is 42.5 Å². The summed E-state index contributed by atoms with van der Waals surface area (Å²) in [5.41, 5.74) is 8.90. The van der Waals surface area contributed by atoms with Crippen LogP contribution in [0.25, 0.3) is 0 Å². The third-order valence-corrected chi connectivity index (χ3v) is 3.05. The first-order chi connectivity index (χ1) is 8.69. The van der Waals surface area contributed by atoms with Crippen molar-refractivity contribution in [2.75, 3.05) is 0 Å². The number of hydrogen-bond acceptors (Lipinski definition) is 2. The molecule has 0 bridgehead atoms. The molecule has 0 atom stereocenters. The van der Waals surface area contributed by atoms with Gasteiger partial charge in [-0.25, -0.2) is 0 Å². The van der Waals surface area contributed by atoms with E-state index >= 15 is 0 Å². The van der Waals surface area contributed by atoms with E-state index in [1.807, 2.05) is 49.4 Å². The molecule has 2 aromatic carbocycles. The average molecular weight is 262 g/mol. The van der Waals surface area contributed by atoms with Crippen molar-refractivity contribution in [3.05, 3.63) is 64.2 Å². The Morgan fingerprint density at radius 3 is 2.39 bits per heavy atom. The number of aryl methyl sites for hydroxylation is 1. The molecule has 18 heavy (non-hydrogen) atoms. The minimum atomic E-state index is 0.508. The fourth-order valence-electron chi connectivity index (χ4n) is 1.65. The molecule has 94 valence electrons. The molecule has 2 aromatic rings. The number of nitrogens with two attached hydrogens (primary N) is 1. The highest BCUT2D eigenvalue weighted by atomic mass is 35.5. The summed E-state index contributed by atoms with van der Waals surface area (Å²) < 4.78 is 5.71. The molecule has 0 amide bonds. The highest BCUT2D eigenvalue weighted by Crippen LogP contribution is 2.26. The van der Waals surface area contributed by atoms with E-state index < -0.39 is 0 Å². The minimum absolute atomic E-state index is 0.508. The molecule has 2 nitrogen and oxygen atoms in total. The molecule has 0 fully saturated rings. The van der Waals surface area contributed by atoms with Gasteiger partial charge in [-0.1, -0.05) is 41.9 Å². The molecule has 0 radical (unpaired) electrons. The first-order valence-corrected chi connectivity index (χ1v) is 6.23. The monoisotopic (exact) mass is 261 g/mol. The minimum Gasteiger partial charge on any atom is -0.487 e. The van der Waals surface area contributed by atoms with Gasteiger partial charge in [-0.3, -0.25) is 0 Å². The van der Waals surface area contributed by atoms with Crippen LogP contribution in [0.3, 0.4) is 0 Å². The fourth-order valence-corrected chi connectivity index (χ4v) is 1.83. The molecule has 2 N–H and O–H groups in total. The molecule has 3 heteroatoms. The average Bonchev–Trinajstić information content (AvgIpc) is 2.40. The molecule has 0 saturated carbocycles. The first kappa shape index (κ1) is 12.9. The van der Waals surface area contributed by atoms with Gasteiger partial charge in [-0.05, 0) is 35.7 Å². The predicted octanol–water partition coefficient (Wildman–Crippen LogP) is 3.69. The Bertz CT molecular complexity index is 523. The summed E-state index contributed by atoms with van der Waals surface area (Å²) in [6, 6.07) is 13.8. The summed E-state index contributed by atoms with van der Waals surface area (Å²) >= 11 is 6.07. The maximum Gasteiger partial charge on any atom is 0.138 e. The van der Waals surface area contributed by atoms with E-state index in [9.17, 15) is 0 Å². The van der Waals surface area contributed by atoms with Crippen LogP contribution in [-0.2, 0) is 13.2 Å². The molecule has 0 aromatic heterocycles. The van der Waals surface area contributed by atoms with E-state index in [2.05, 4.69) is 0 Å². The third-order valence-electron chi connectivity index (χ3n) is 2.74. The van der Waals surface area contributed by atoms with Crippen molar-refractivity contribution >= 4 is 11.6 Å². The topological polar surface area (TPSA) is 35.2 Å². The van der Waals surface area contributed by atoms with Gasteiger partial charge in [0.1, 0.15) is 12.4 Å². The van der Waals surface area contributed by atoms with Crippen LogP contribution in [0.4, 0.5) is 0 Å². The van der Waals surface area contributed by atoms with Crippen LogP contribution in [0, 0.1) is 6.92 Å². The van der Waals surface area contributed by atoms with Crippen molar-refractivity contribution in [2.24, 2.45) is 5.73 Å².